The maximum Gasteiger partial charge on any atom is 0.306 e. The number of allylic oxidation sites excluding steroid dienone is 32. The predicted octanol–water partition coefficient (Wildman–Crippen LogP) is 20.5. The van der Waals surface area contributed by atoms with E-state index in [9.17, 15) is 19.5 Å². The second-order valence-electron chi connectivity index (χ2n) is 23.3. The van der Waals surface area contributed by atoms with Gasteiger partial charge in [0.2, 0.25) is 0 Å². The van der Waals surface area contributed by atoms with Gasteiger partial charge in [-0.3, -0.25) is 9.59 Å². The molecule has 0 N–H and O–H groups in total. The zero-order valence-corrected chi connectivity index (χ0v) is 56.7. The van der Waals surface area contributed by atoms with Gasteiger partial charge in [0.25, 0.3) is 0 Å². The summed E-state index contributed by atoms with van der Waals surface area (Å²) in [5.74, 6) is -2.34. The van der Waals surface area contributed by atoms with Crippen LogP contribution in [0.2, 0.25) is 0 Å². The van der Waals surface area contributed by atoms with Gasteiger partial charge >= 0.3 is 11.9 Å². The molecule has 0 radical (unpaired) electrons. The molecule has 2 unspecified atom stereocenters. The third-order valence-corrected chi connectivity index (χ3v) is 13.8. The Morgan fingerprint density at radius 1 is 0.337 bits per heavy atom. The zero-order chi connectivity index (χ0) is 64.7. The lowest BCUT2D eigenvalue weighted by Gasteiger charge is -2.26. The number of ether oxygens (including phenoxy) is 4. The van der Waals surface area contributed by atoms with Crippen LogP contribution in [-0.4, -0.2) is 82.3 Å². The van der Waals surface area contributed by atoms with E-state index in [0.717, 1.165) is 167 Å². The summed E-state index contributed by atoms with van der Waals surface area (Å²) in [5, 5.41) is 11.8. The van der Waals surface area contributed by atoms with E-state index in [2.05, 4.69) is 208 Å². The Labute approximate surface area is 544 Å². The van der Waals surface area contributed by atoms with E-state index in [1.54, 1.807) is 0 Å². The second kappa shape index (κ2) is 68.0. The van der Waals surface area contributed by atoms with E-state index >= 15 is 0 Å². The molecule has 0 saturated heterocycles. The quantitative estimate of drug-likeness (QED) is 0.0195. The summed E-state index contributed by atoms with van der Waals surface area (Å²) >= 11 is 0. The minimum Gasteiger partial charge on any atom is -0.545 e. The molecule has 0 aliphatic rings. The number of carbonyl (C=O) groups is 3. The van der Waals surface area contributed by atoms with Crippen molar-refractivity contribution in [2.75, 3.05) is 47.5 Å². The predicted molar refractivity (Wildman–Crippen MR) is 379 cm³/mol. The van der Waals surface area contributed by atoms with Crippen LogP contribution in [0.5, 0.6) is 0 Å². The van der Waals surface area contributed by atoms with Gasteiger partial charge in [-0.1, -0.05) is 272 Å². The normalized spacial score (nSPS) is 13.9. The van der Waals surface area contributed by atoms with Gasteiger partial charge in [-0.2, -0.15) is 0 Å². The summed E-state index contributed by atoms with van der Waals surface area (Å²) in [7, 11) is 5.91. The van der Waals surface area contributed by atoms with E-state index < -0.39 is 24.3 Å². The fraction of sp³-hybridized carbons (Fsp3) is 0.562. The van der Waals surface area contributed by atoms with Crippen molar-refractivity contribution in [1.82, 2.24) is 0 Å². The first-order valence-electron chi connectivity index (χ1n) is 34.6. The van der Waals surface area contributed by atoms with Crippen molar-refractivity contribution < 1.29 is 42.9 Å². The number of carboxylic acids is 1. The summed E-state index contributed by atoms with van der Waals surface area (Å²) in [5.41, 5.74) is 0. The summed E-state index contributed by atoms with van der Waals surface area (Å²) in [6.45, 7) is 4.46. The molecular weight excluding hydrogens is 1100 g/mol. The molecule has 498 valence electrons. The average molecular weight is 1230 g/mol. The molecule has 0 saturated carbocycles. The molecule has 0 aromatic carbocycles. The van der Waals surface area contributed by atoms with Crippen molar-refractivity contribution in [2.45, 2.75) is 245 Å². The van der Waals surface area contributed by atoms with Crippen LogP contribution in [0.1, 0.15) is 232 Å². The number of hydrogen-bond acceptors (Lipinski definition) is 8. The van der Waals surface area contributed by atoms with E-state index in [4.69, 9.17) is 18.9 Å². The highest BCUT2D eigenvalue weighted by atomic mass is 16.7. The van der Waals surface area contributed by atoms with Crippen molar-refractivity contribution in [2.24, 2.45) is 0 Å². The third-order valence-electron chi connectivity index (χ3n) is 13.8. The maximum atomic E-state index is 12.9. The lowest BCUT2D eigenvalue weighted by atomic mass is 10.1. The van der Waals surface area contributed by atoms with Crippen LogP contribution in [0.15, 0.2) is 194 Å². The standard InChI is InChI=1S/C80H125NO8/c1-6-8-10-12-14-16-18-20-22-24-26-28-30-32-34-36-38-39-41-43-45-47-49-51-53-55-57-59-61-63-65-67-69-71-78(83)89-76(75-88-80(79(84)85)86-73-72-81(3,4)5)74-87-77(82)70-68-66-64-62-60-58-56-54-52-50-48-46-44-42-40-37-35-33-31-29-27-25-23-21-19-17-15-13-11-9-7-2/h8-11,14-17,20-23,26-29,32-35,38-40,42-43,45-46,48-49,51-52,54,76,80H,6-7,12-13,18-19,24-25,30-31,36-37,41,44,47,50,53,55-75H2,1-5H3/b10-8-,11-9-,16-14-,17-15-,22-20-,23-21-,28-26-,29-27-,34-32-,35-33-,39-38-,42-40-,45-43-,48-46-,51-49-,54-52-. The van der Waals surface area contributed by atoms with E-state index in [1.165, 1.54) is 25.7 Å². The Bertz CT molecular complexity index is 2160. The fourth-order valence-corrected chi connectivity index (χ4v) is 8.63. The van der Waals surface area contributed by atoms with E-state index in [1.807, 2.05) is 21.1 Å². The third kappa shape index (κ3) is 69.5. The van der Waals surface area contributed by atoms with Crippen molar-refractivity contribution in [3.63, 3.8) is 0 Å². The van der Waals surface area contributed by atoms with Gasteiger partial charge in [0, 0.05) is 12.8 Å². The number of carbonyl (C=O) groups excluding carboxylic acids is 3. The highest BCUT2D eigenvalue weighted by Gasteiger charge is 2.22. The van der Waals surface area contributed by atoms with Crippen LogP contribution in [0, 0.1) is 0 Å². The highest BCUT2D eigenvalue weighted by Crippen LogP contribution is 2.14. The van der Waals surface area contributed by atoms with Gasteiger partial charge in [0.05, 0.1) is 40.3 Å². The second-order valence-corrected chi connectivity index (χ2v) is 23.3. The topological polar surface area (TPSA) is 111 Å². The van der Waals surface area contributed by atoms with Gasteiger partial charge < -0.3 is 33.3 Å². The van der Waals surface area contributed by atoms with Crippen LogP contribution in [0.3, 0.4) is 0 Å². The van der Waals surface area contributed by atoms with Crippen LogP contribution in [-0.2, 0) is 33.3 Å². The van der Waals surface area contributed by atoms with E-state index in [0.29, 0.717) is 23.9 Å². The van der Waals surface area contributed by atoms with Gasteiger partial charge in [0.1, 0.15) is 13.2 Å². The minimum absolute atomic E-state index is 0.132. The fourth-order valence-electron chi connectivity index (χ4n) is 8.63. The smallest absolute Gasteiger partial charge is 0.306 e. The molecule has 0 aliphatic heterocycles. The highest BCUT2D eigenvalue weighted by molar-refractivity contribution is 5.70. The van der Waals surface area contributed by atoms with Gasteiger partial charge in [-0.15, -0.1) is 0 Å². The molecule has 0 fully saturated rings. The van der Waals surface area contributed by atoms with Gasteiger partial charge in [-0.25, -0.2) is 0 Å². The first-order valence-corrected chi connectivity index (χ1v) is 34.6. The molecular formula is C80H125NO8. The number of rotatable bonds is 61. The molecule has 0 rings (SSSR count). The molecule has 0 spiro atoms. The number of quaternary nitrogens is 1. The summed E-state index contributed by atoms with van der Waals surface area (Å²) in [6.07, 6.45) is 102. The average Bonchev–Trinajstić information content (AvgIpc) is 3.64. The van der Waals surface area contributed by atoms with Crippen LogP contribution >= 0.6 is 0 Å². The number of aliphatic carboxylic acids is 1. The SMILES string of the molecule is CC/C=C\C/C=C\C/C=C\C/C=C\C/C=C\C/C=C\C/C=C\C/C=C\CCCCCCCCCCC(=O)OC(COC(=O)CCCCCCCC/C=C\C/C=C\C/C=C\C/C=C\C/C=C\C/C=C\C/C=C\C/C=C\CC)COC(OCC[N+](C)(C)C)C(=O)[O-]. The van der Waals surface area contributed by atoms with Gasteiger partial charge in [0.15, 0.2) is 12.4 Å². The molecule has 89 heavy (non-hydrogen) atoms. The molecule has 2 atom stereocenters. The summed E-state index contributed by atoms with van der Waals surface area (Å²) < 4.78 is 22.7. The van der Waals surface area contributed by atoms with Crippen LogP contribution in [0.25, 0.3) is 0 Å². The molecule has 0 bridgehead atoms. The minimum atomic E-state index is -1.64. The molecule has 0 heterocycles. The Kier molecular flexibility index (Phi) is 63.6. The number of likely N-dealkylation sites (N-methyl/N-ethyl adjacent to an activating group) is 1. The Balaban J connectivity index is 4.28. The molecule has 0 aliphatic carbocycles. The number of nitrogens with zero attached hydrogens (tertiary/aromatic N) is 1. The van der Waals surface area contributed by atoms with Crippen LogP contribution < -0.4 is 5.11 Å². The number of carboxylic acid groups (broad SMARTS) is 1. The van der Waals surface area contributed by atoms with E-state index in [-0.39, 0.29) is 38.6 Å². The number of unbranched alkanes of at least 4 members (excludes halogenated alkanes) is 14. The Morgan fingerprint density at radius 2 is 0.607 bits per heavy atom. The Morgan fingerprint density at radius 3 is 0.899 bits per heavy atom. The summed E-state index contributed by atoms with van der Waals surface area (Å²) in [6, 6.07) is 0. The Hall–Kier alpha value is -5.87. The first-order chi connectivity index (χ1) is 43.6. The number of esters is 2. The van der Waals surface area contributed by atoms with Crippen molar-refractivity contribution >= 4 is 17.9 Å². The van der Waals surface area contributed by atoms with Gasteiger partial charge in [-0.05, 0) is 141 Å². The molecule has 0 aromatic rings. The molecule has 9 heteroatoms. The molecule has 0 aromatic heterocycles. The molecule has 0 amide bonds. The van der Waals surface area contributed by atoms with Crippen molar-refractivity contribution in [1.29, 1.82) is 0 Å². The lowest BCUT2D eigenvalue weighted by Crippen LogP contribution is -2.44. The lowest BCUT2D eigenvalue weighted by molar-refractivity contribution is -0.870. The number of hydrogen-bond donors (Lipinski definition) is 0. The largest absolute Gasteiger partial charge is 0.545 e. The first kappa shape index (κ1) is 83.1. The van der Waals surface area contributed by atoms with Crippen molar-refractivity contribution in [3.05, 3.63) is 194 Å². The monoisotopic (exact) mass is 1230 g/mol. The van der Waals surface area contributed by atoms with Crippen LogP contribution in [0.4, 0.5) is 0 Å². The maximum absolute atomic E-state index is 12.9. The van der Waals surface area contributed by atoms with Crippen molar-refractivity contribution in [3.8, 4) is 0 Å². The molecule has 9 nitrogen and oxygen atoms in total. The zero-order valence-electron chi connectivity index (χ0n) is 56.7. The summed E-state index contributed by atoms with van der Waals surface area (Å²) in [4.78, 5) is 37.5.